The molecule has 6 nitrogen and oxygen atoms in total. The fraction of sp³-hybridized carbons (Fsp3) is 0.350. The van der Waals surface area contributed by atoms with Crippen molar-refractivity contribution < 1.29 is 19.4 Å². The Labute approximate surface area is 152 Å². The van der Waals surface area contributed by atoms with Crippen molar-refractivity contribution in [1.29, 1.82) is 0 Å². The average Bonchev–Trinajstić information content (AvgIpc) is 2.67. The third kappa shape index (κ3) is 3.69. The predicted octanol–water partition coefficient (Wildman–Crippen LogP) is 3.12. The van der Waals surface area contributed by atoms with Gasteiger partial charge in [-0.3, -0.25) is 4.79 Å². The lowest BCUT2D eigenvalue weighted by molar-refractivity contribution is 0.0684. The molecule has 0 saturated carbocycles. The number of nitrogens with zero attached hydrogens (tertiary/aromatic N) is 2. The number of hydrogen-bond donors (Lipinski definition) is 1. The first-order valence-corrected chi connectivity index (χ1v) is 8.63. The van der Waals surface area contributed by atoms with E-state index in [1.807, 2.05) is 12.1 Å². The number of benzene rings is 1. The highest BCUT2D eigenvalue weighted by molar-refractivity contribution is 5.94. The number of carboxylic acids is 1. The van der Waals surface area contributed by atoms with Crippen LogP contribution in [0, 0.1) is 6.92 Å². The van der Waals surface area contributed by atoms with Crippen LogP contribution in [0.4, 0.5) is 0 Å². The van der Waals surface area contributed by atoms with Crippen LogP contribution in [-0.2, 0) is 0 Å². The third-order valence-corrected chi connectivity index (χ3v) is 4.88. The first kappa shape index (κ1) is 17.9. The molecular weight excluding hydrogens is 332 g/mol. The van der Waals surface area contributed by atoms with E-state index in [4.69, 9.17) is 9.84 Å². The second kappa shape index (κ2) is 7.56. The number of carboxylic acid groups (broad SMARTS) is 1. The van der Waals surface area contributed by atoms with Crippen molar-refractivity contribution in [2.75, 3.05) is 20.2 Å². The molecule has 2 aromatic rings. The van der Waals surface area contributed by atoms with Crippen LogP contribution in [0.2, 0.25) is 0 Å². The van der Waals surface area contributed by atoms with Crippen LogP contribution >= 0.6 is 0 Å². The normalized spacial score (nSPS) is 14.9. The molecule has 1 saturated heterocycles. The number of pyridine rings is 1. The summed E-state index contributed by atoms with van der Waals surface area (Å²) in [6, 6.07) is 11.0. The first-order chi connectivity index (χ1) is 12.5. The average molecular weight is 354 g/mol. The van der Waals surface area contributed by atoms with E-state index in [0.717, 1.165) is 18.6 Å². The van der Waals surface area contributed by atoms with Gasteiger partial charge in [0.05, 0.1) is 18.4 Å². The highest BCUT2D eigenvalue weighted by Gasteiger charge is 2.26. The molecule has 0 aliphatic carbocycles. The quantitative estimate of drug-likeness (QED) is 0.912. The summed E-state index contributed by atoms with van der Waals surface area (Å²) in [4.78, 5) is 29.7. The maximum Gasteiger partial charge on any atom is 0.337 e. The van der Waals surface area contributed by atoms with Crippen LogP contribution in [0.5, 0.6) is 5.75 Å². The van der Waals surface area contributed by atoms with Gasteiger partial charge in [-0.25, -0.2) is 9.78 Å². The Balaban J connectivity index is 1.66. The van der Waals surface area contributed by atoms with Gasteiger partial charge in [-0.2, -0.15) is 0 Å². The van der Waals surface area contributed by atoms with Gasteiger partial charge in [-0.15, -0.1) is 0 Å². The van der Waals surface area contributed by atoms with Crippen molar-refractivity contribution in [1.82, 2.24) is 9.88 Å². The summed E-state index contributed by atoms with van der Waals surface area (Å²) in [6.45, 7) is 2.92. The molecule has 1 N–H and O–H groups in total. The minimum Gasteiger partial charge on any atom is -0.497 e. The number of hydrogen-bond acceptors (Lipinski definition) is 4. The molecule has 6 heteroatoms. The summed E-state index contributed by atoms with van der Waals surface area (Å²) in [5, 5.41) is 9.07. The van der Waals surface area contributed by atoms with E-state index in [9.17, 15) is 9.59 Å². The highest BCUT2D eigenvalue weighted by Crippen LogP contribution is 2.30. The summed E-state index contributed by atoms with van der Waals surface area (Å²) < 4.78 is 5.29. The smallest absolute Gasteiger partial charge is 0.337 e. The Bertz CT molecular complexity index is 826. The van der Waals surface area contributed by atoms with E-state index in [1.54, 1.807) is 18.9 Å². The zero-order valence-electron chi connectivity index (χ0n) is 14.9. The van der Waals surface area contributed by atoms with Crippen molar-refractivity contribution in [3.8, 4) is 5.75 Å². The van der Waals surface area contributed by atoms with Crippen LogP contribution in [0.1, 0.15) is 50.9 Å². The van der Waals surface area contributed by atoms with Crippen molar-refractivity contribution in [3.63, 3.8) is 0 Å². The Hall–Kier alpha value is -2.89. The summed E-state index contributed by atoms with van der Waals surface area (Å²) in [7, 11) is 1.66. The van der Waals surface area contributed by atoms with Crippen molar-refractivity contribution >= 4 is 11.9 Å². The lowest BCUT2D eigenvalue weighted by atomic mass is 9.89. The molecule has 136 valence electrons. The van der Waals surface area contributed by atoms with E-state index in [-0.39, 0.29) is 11.5 Å². The Morgan fingerprint density at radius 3 is 2.54 bits per heavy atom. The minimum atomic E-state index is -1.03. The number of likely N-dealkylation sites (tertiary alicyclic amines) is 1. The summed E-state index contributed by atoms with van der Waals surface area (Å²) in [6.07, 6.45) is 1.76. The number of rotatable bonds is 4. The van der Waals surface area contributed by atoms with Gasteiger partial charge in [0.25, 0.3) is 5.91 Å². The van der Waals surface area contributed by atoms with Gasteiger partial charge in [-0.05, 0) is 55.5 Å². The molecule has 3 rings (SSSR count). The van der Waals surface area contributed by atoms with Gasteiger partial charge in [0, 0.05) is 13.1 Å². The molecule has 0 atom stereocenters. The Morgan fingerprint density at radius 2 is 1.92 bits per heavy atom. The lowest BCUT2D eigenvalue weighted by Gasteiger charge is -2.32. The third-order valence-electron chi connectivity index (χ3n) is 4.88. The molecule has 1 aromatic heterocycles. The number of amides is 1. The Kier molecular flexibility index (Phi) is 5.21. The predicted molar refractivity (Wildman–Crippen MR) is 96.8 cm³/mol. The molecule has 0 radical (unpaired) electrons. The number of aryl methyl sites for hydroxylation is 1. The molecule has 0 unspecified atom stereocenters. The molecule has 0 spiro atoms. The fourth-order valence-electron chi connectivity index (χ4n) is 3.38. The number of methoxy groups -OCH3 is 1. The van der Waals surface area contributed by atoms with E-state index in [0.29, 0.717) is 30.4 Å². The molecular formula is C20H22N2O4. The summed E-state index contributed by atoms with van der Waals surface area (Å²) >= 11 is 0. The van der Waals surface area contributed by atoms with Crippen molar-refractivity contribution in [3.05, 3.63) is 58.9 Å². The molecule has 1 fully saturated rings. The molecule has 1 amide bonds. The Morgan fingerprint density at radius 1 is 1.19 bits per heavy atom. The van der Waals surface area contributed by atoms with Gasteiger partial charge < -0.3 is 14.7 Å². The molecule has 1 aromatic carbocycles. The SMILES string of the molecule is COc1cccc(C2CCN(C(=O)c3ccc(C(=O)O)c(C)n3)CC2)c1. The van der Waals surface area contributed by atoms with Gasteiger partial charge in [-0.1, -0.05) is 12.1 Å². The van der Waals surface area contributed by atoms with Crippen LogP contribution in [0.3, 0.4) is 0 Å². The van der Waals surface area contributed by atoms with Crippen LogP contribution < -0.4 is 4.74 Å². The largest absolute Gasteiger partial charge is 0.497 e. The van der Waals surface area contributed by atoms with E-state index >= 15 is 0 Å². The van der Waals surface area contributed by atoms with Gasteiger partial charge in [0.15, 0.2) is 0 Å². The van der Waals surface area contributed by atoms with Crippen LogP contribution in [0.25, 0.3) is 0 Å². The maximum absolute atomic E-state index is 12.7. The van der Waals surface area contributed by atoms with Gasteiger partial charge in [0.2, 0.25) is 0 Å². The number of carbonyl (C=O) groups excluding carboxylic acids is 1. The number of piperidine rings is 1. The van der Waals surface area contributed by atoms with Crippen molar-refractivity contribution in [2.24, 2.45) is 0 Å². The lowest BCUT2D eigenvalue weighted by Crippen LogP contribution is -2.38. The molecule has 26 heavy (non-hydrogen) atoms. The fourth-order valence-corrected chi connectivity index (χ4v) is 3.38. The molecule has 1 aliphatic heterocycles. The number of aromatic nitrogens is 1. The van der Waals surface area contributed by atoms with Gasteiger partial charge in [0.1, 0.15) is 11.4 Å². The monoisotopic (exact) mass is 354 g/mol. The zero-order chi connectivity index (χ0) is 18.7. The van der Waals surface area contributed by atoms with Crippen LogP contribution in [0.15, 0.2) is 36.4 Å². The molecule has 2 heterocycles. The highest BCUT2D eigenvalue weighted by atomic mass is 16.5. The minimum absolute atomic E-state index is 0.123. The second-order valence-corrected chi connectivity index (χ2v) is 6.48. The number of aromatic carboxylic acids is 1. The van der Waals surface area contributed by atoms with E-state index < -0.39 is 5.97 Å². The molecule has 1 aliphatic rings. The van der Waals surface area contributed by atoms with Crippen LogP contribution in [-0.4, -0.2) is 47.1 Å². The first-order valence-electron chi connectivity index (χ1n) is 8.63. The second-order valence-electron chi connectivity index (χ2n) is 6.48. The van der Waals surface area contributed by atoms with Crippen molar-refractivity contribution in [2.45, 2.75) is 25.7 Å². The summed E-state index contributed by atoms with van der Waals surface area (Å²) in [5.74, 6) is 0.0691. The van der Waals surface area contributed by atoms with Gasteiger partial charge >= 0.3 is 5.97 Å². The summed E-state index contributed by atoms with van der Waals surface area (Å²) in [5.41, 5.74) is 2.01. The maximum atomic E-state index is 12.7. The van der Waals surface area contributed by atoms with E-state index in [1.165, 1.54) is 17.7 Å². The number of ether oxygens (including phenoxy) is 1. The zero-order valence-corrected chi connectivity index (χ0v) is 14.9. The number of carbonyl (C=O) groups is 2. The topological polar surface area (TPSA) is 79.7 Å². The standard InChI is InChI=1S/C20H22N2O4/c1-13-17(20(24)25)6-7-18(21-13)19(23)22-10-8-14(9-11-22)15-4-3-5-16(12-15)26-2/h3-7,12,14H,8-11H2,1-2H3,(H,24,25). The molecule has 0 bridgehead atoms. The van der Waals surface area contributed by atoms with E-state index in [2.05, 4.69) is 17.1 Å².